The minimum atomic E-state index is -0.944. The van der Waals surface area contributed by atoms with Gasteiger partial charge in [-0.3, -0.25) is 4.79 Å². The Hall–Kier alpha value is -3.80. The van der Waals surface area contributed by atoms with Crippen molar-refractivity contribution in [3.05, 3.63) is 95.1 Å². The quantitative estimate of drug-likeness (QED) is 0.271. The van der Waals surface area contributed by atoms with Gasteiger partial charge in [0.25, 0.3) is 5.91 Å². The van der Waals surface area contributed by atoms with Crippen LogP contribution in [0.5, 0.6) is 5.75 Å². The Morgan fingerprint density at radius 3 is 2.37 bits per heavy atom. The lowest BCUT2D eigenvalue weighted by atomic mass is 9.89. The Labute approximate surface area is 222 Å². The number of rotatable bonds is 7. The van der Waals surface area contributed by atoms with Crippen molar-refractivity contribution in [2.24, 2.45) is 0 Å². The molecule has 4 nitrogen and oxygen atoms in total. The highest BCUT2D eigenvalue weighted by atomic mass is 19.2. The second-order valence-corrected chi connectivity index (χ2v) is 10.3. The molecule has 1 amide bonds. The molecule has 6 heteroatoms. The summed E-state index contributed by atoms with van der Waals surface area (Å²) >= 11 is 0. The lowest BCUT2D eigenvalue weighted by Crippen LogP contribution is -2.28. The summed E-state index contributed by atoms with van der Waals surface area (Å²) in [5, 5.41) is 3.73. The minimum Gasteiger partial charge on any atom is -0.490 e. The second-order valence-electron chi connectivity index (χ2n) is 10.3. The molecular weight excluding hydrogens is 482 g/mol. The van der Waals surface area contributed by atoms with Crippen LogP contribution in [-0.2, 0) is 0 Å². The summed E-state index contributed by atoms with van der Waals surface area (Å²) in [7, 11) is 0. The van der Waals surface area contributed by atoms with Gasteiger partial charge in [0.2, 0.25) is 0 Å². The number of pyridine rings is 1. The highest BCUT2D eigenvalue weighted by Crippen LogP contribution is 2.37. The normalized spacial score (nSPS) is 14.7. The van der Waals surface area contributed by atoms with Crippen molar-refractivity contribution in [2.75, 3.05) is 0 Å². The van der Waals surface area contributed by atoms with E-state index in [1.807, 2.05) is 62.4 Å². The number of hydrogen-bond acceptors (Lipinski definition) is 3. The molecule has 196 valence electrons. The van der Waals surface area contributed by atoms with Crippen molar-refractivity contribution >= 4 is 16.8 Å². The number of nitrogens with zero attached hydrogens (tertiary/aromatic N) is 1. The second kappa shape index (κ2) is 10.9. The van der Waals surface area contributed by atoms with Crippen LogP contribution in [0.3, 0.4) is 0 Å². The van der Waals surface area contributed by atoms with E-state index in [4.69, 9.17) is 9.72 Å². The monoisotopic (exact) mass is 514 g/mol. The average molecular weight is 515 g/mol. The summed E-state index contributed by atoms with van der Waals surface area (Å²) in [6, 6.07) is 18.7. The average Bonchev–Trinajstić information content (AvgIpc) is 3.42. The first-order chi connectivity index (χ1) is 18.3. The third kappa shape index (κ3) is 5.26. The summed E-state index contributed by atoms with van der Waals surface area (Å²) in [5.41, 5.74) is 4.20. The Kier molecular flexibility index (Phi) is 7.41. The van der Waals surface area contributed by atoms with Crippen molar-refractivity contribution in [1.29, 1.82) is 0 Å². The van der Waals surface area contributed by atoms with Gasteiger partial charge in [-0.1, -0.05) is 50.2 Å². The molecule has 1 aromatic heterocycles. The molecule has 1 aliphatic carbocycles. The van der Waals surface area contributed by atoms with E-state index in [2.05, 4.69) is 5.32 Å². The van der Waals surface area contributed by atoms with Crippen LogP contribution < -0.4 is 10.1 Å². The first-order valence-corrected chi connectivity index (χ1v) is 13.3. The van der Waals surface area contributed by atoms with E-state index in [9.17, 15) is 13.6 Å². The fraction of sp³-hybridized carbons (Fsp3) is 0.312. The molecule has 1 heterocycles. The maximum atomic E-state index is 14.0. The van der Waals surface area contributed by atoms with Crippen LogP contribution in [0.15, 0.2) is 66.7 Å². The van der Waals surface area contributed by atoms with E-state index in [0.717, 1.165) is 60.4 Å². The topological polar surface area (TPSA) is 51.2 Å². The molecule has 1 N–H and O–H groups in total. The Morgan fingerprint density at radius 1 is 0.947 bits per heavy atom. The smallest absolute Gasteiger partial charge is 0.252 e. The van der Waals surface area contributed by atoms with Crippen molar-refractivity contribution in [3.8, 4) is 17.0 Å². The molecule has 1 atom stereocenters. The molecule has 0 spiro atoms. The zero-order chi connectivity index (χ0) is 26.8. The molecule has 0 saturated heterocycles. The highest BCUT2D eigenvalue weighted by Gasteiger charge is 2.26. The zero-order valence-corrected chi connectivity index (χ0v) is 21.9. The Bertz CT molecular complexity index is 1460. The molecule has 0 bridgehead atoms. The van der Waals surface area contributed by atoms with Gasteiger partial charge in [0, 0.05) is 10.9 Å². The fourth-order valence-corrected chi connectivity index (χ4v) is 5.29. The number of amides is 1. The predicted molar refractivity (Wildman–Crippen MR) is 146 cm³/mol. The van der Waals surface area contributed by atoms with Gasteiger partial charge >= 0.3 is 0 Å². The number of carbonyl (C=O) groups excluding carboxylic acids is 1. The molecule has 5 rings (SSSR count). The molecule has 1 fully saturated rings. The summed E-state index contributed by atoms with van der Waals surface area (Å²) in [4.78, 5) is 19.0. The summed E-state index contributed by atoms with van der Waals surface area (Å²) in [6.07, 6.45) is 4.55. The molecule has 0 radical (unpaired) electrons. The molecule has 1 unspecified atom stereocenters. The molecule has 0 aliphatic heterocycles. The fourth-order valence-electron chi connectivity index (χ4n) is 5.29. The third-order valence-corrected chi connectivity index (χ3v) is 7.24. The standard InChI is InChI=1S/C32H32F2N2O2/c1-19(2)29-30(32(37)35-20(3)22-13-15-26(33)27(34)17-22)25-18-24(38-23-11-7-8-12-23)14-16-28(25)36-31(29)21-9-5-4-6-10-21/h4-6,9-10,13-20,23H,7-8,11-12H2,1-3H3,(H,35,37). The van der Waals surface area contributed by atoms with Crippen LogP contribution in [-0.4, -0.2) is 17.0 Å². The van der Waals surface area contributed by atoms with Crippen LogP contribution in [0.4, 0.5) is 8.78 Å². The maximum Gasteiger partial charge on any atom is 0.252 e. The number of fused-ring (bicyclic) bond motifs is 1. The summed E-state index contributed by atoms with van der Waals surface area (Å²) in [6.45, 7) is 5.85. The Balaban J connectivity index is 1.64. The first kappa shape index (κ1) is 25.8. The molecule has 3 aromatic carbocycles. The molecule has 4 aromatic rings. The van der Waals surface area contributed by atoms with Gasteiger partial charge in [-0.2, -0.15) is 0 Å². The van der Waals surface area contributed by atoms with Crippen LogP contribution in [0, 0.1) is 11.6 Å². The summed E-state index contributed by atoms with van der Waals surface area (Å²) in [5.74, 6) is -1.46. The molecular formula is C32H32F2N2O2. The molecule has 38 heavy (non-hydrogen) atoms. The number of aromatic nitrogens is 1. The van der Waals surface area contributed by atoms with E-state index in [1.165, 1.54) is 6.07 Å². The highest BCUT2D eigenvalue weighted by molar-refractivity contribution is 6.09. The predicted octanol–water partition coefficient (Wildman–Crippen LogP) is 8.12. The van der Waals surface area contributed by atoms with Crippen LogP contribution in [0.1, 0.15) is 79.9 Å². The van der Waals surface area contributed by atoms with Crippen LogP contribution in [0.25, 0.3) is 22.2 Å². The van der Waals surface area contributed by atoms with Gasteiger partial charge in [0.1, 0.15) is 5.75 Å². The van der Waals surface area contributed by atoms with Gasteiger partial charge < -0.3 is 10.1 Å². The molecule has 1 saturated carbocycles. The number of nitrogens with one attached hydrogen (secondary N) is 1. The number of carbonyl (C=O) groups is 1. The minimum absolute atomic E-state index is 0.0131. The lowest BCUT2D eigenvalue weighted by molar-refractivity contribution is 0.0940. The number of hydrogen-bond donors (Lipinski definition) is 1. The van der Waals surface area contributed by atoms with E-state index in [0.29, 0.717) is 22.0 Å². The Morgan fingerprint density at radius 2 is 1.68 bits per heavy atom. The van der Waals surface area contributed by atoms with Gasteiger partial charge in [-0.25, -0.2) is 13.8 Å². The van der Waals surface area contributed by atoms with Crippen molar-refractivity contribution in [2.45, 2.75) is 64.5 Å². The SMILES string of the molecule is CC(C)c1c(-c2ccccc2)nc2ccc(OC3CCCC3)cc2c1C(=O)NC(C)c1ccc(F)c(F)c1. The lowest BCUT2D eigenvalue weighted by Gasteiger charge is -2.22. The van der Waals surface area contributed by atoms with Gasteiger partial charge in [-0.15, -0.1) is 0 Å². The van der Waals surface area contributed by atoms with Gasteiger partial charge in [0.05, 0.1) is 28.9 Å². The van der Waals surface area contributed by atoms with Gasteiger partial charge in [-0.05, 0) is 80.0 Å². The van der Waals surface area contributed by atoms with E-state index in [1.54, 1.807) is 6.92 Å². The molecule has 1 aliphatic rings. The first-order valence-electron chi connectivity index (χ1n) is 13.3. The third-order valence-electron chi connectivity index (χ3n) is 7.24. The van der Waals surface area contributed by atoms with Crippen molar-refractivity contribution < 1.29 is 18.3 Å². The number of benzene rings is 3. The zero-order valence-electron chi connectivity index (χ0n) is 21.9. The maximum absolute atomic E-state index is 14.0. The number of halogens is 2. The summed E-state index contributed by atoms with van der Waals surface area (Å²) < 4.78 is 33.7. The van der Waals surface area contributed by atoms with Crippen LogP contribution >= 0.6 is 0 Å². The van der Waals surface area contributed by atoms with Crippen molar-refractivity contribution in [3.63, 3.8) is 0 Å². The van der Waals surface area contributed by atoms with Crippen molar-refractivity contribution in [1.82, 2.24) is 10.3 Å². The van der Waals surface area contributed by atoms with Gasteiger partial charge in [0.15, 0.2) is 11.6 Å². The van der Waals surface area contributed by atoms with E-state index < -0.39 is 17.7 Å². The van der Waals surface area contributed by atoms with Crippen LogP contribution in [0.2, 0.25) is 0 Å². The number of ether oxygens (including phenoxy) is 1. The van der Waals surface area contributed by atoms with E-state index in [-0.39, 0.29) is 17.9 Å². The largest absolute Gasteiger partial charge is 0.490 e. The van der Waals surface area contributed by atoms with E-state index >= 15 is 0 Å².